The summed E-state index contributed by atoms with van der Waals surface area (Å²) in [7, 11) is 0. The van der Waals surface area contributed by atoms with E-state index in [1.165, 1.54) is 17.7 Å². The second-order valence-corrected chi connectivity index (χ2v) is 10.6. The number of unbranched alkanes of at least 4 members (excludes halogenated alkanes) is 1. The maximum absolute atomic E-state index is 14.2. The summed E-state index contributed by atoms with van der Waals surface area (Å²) < 4.78 is 26.1. The molecule has 5 rings (SSSR count). The van der Waals surface area contributed by atoms with Crippen LogP contribution in [0.3, 0.4) is 0 Å². The number of carboxylic acid groups (broad SMARTS) is 1. The van der Waals surface area contributed by atoms with Gasteiger partial charge in [-0.1, -0.05) is 12.1 Å². The maximum atomic E-state index is 14.2. The fourth-order valence-corrected chi connectivity index (χ4v) is 5.84. The van der Waals surface area contributed by atoms with Crippen LogP contribution < -0.4 is 5.32 Å². The summed E-state index contributed by atoms with van der Waals surface area (Å²) in [5.41, 5.74) is 3.70. The van der Waals surface area contributed by atoms with Crippen molar-refractivity contribution < 1.29 is 23.8 Å². The number of halogens is 1. The molecule has 1 aromatic carbocycles. The van der Waals surface area contributed by atoms with Crippen molar-refractivity contribution in [3.63, 3.8) is 0 Å². The second kappa shape index (κ2) is 11.9. The number of nitrogens with one attached hydrogen (secondary N) is 1. The molecular formula is C29H38FN3O4. The lowest BCUT2D eigenvalue weighted by molar-refractivity contribution is -0.143. The minimum atomic E-state index is -0.966. The molecule has 4 heterocycles. The fourth-order valence-electron chi connectivity index (χ4n) is 5.84. The Labute approximate surface area is 218 Å². The predicted octanol–water partition coefficient (Wildman–Crippen LogP) is 5.06. The van der Waals surface area contributed by atoms with Crippen LogP contribution in [0.5, 0.6) is 0 Å². The lowest BCUT2D eigenvalue weighted by Crippen LogP contribution is -2.34. The number of ether oxygens (including phenoxy) is 2. The maximum Gasteiger partial charge on any atom is 0.325 e. The second-order valence-electron chi connectivity index (χ2n) is 10.6. The minimum Gasteiger partial charge on any atom is -0.480 e. The molecule has 1 aromatic heterocycles. The number of benzene rings is 1. The molecule has 0 bridgehead atoms. The van der Waals surface area contributed by atoms with E-state index in [1.807, 2.05) is 4.90 Å². The van der Waals surface area contributed by atoms with Crippen molar-refractivity contribution >= 4 is 11.8 Å². The number of carbonyl (C=O) groups is 1. The van der Waals surface area contributed by atoms with Gasteiger partial charge in [-0.2, -0.15) is 0 Å². The van der Waals surface area contributed by atoms with Gasteiger partial charge in [0.1, 0.15) is 17.7 Å². The summed E-state index contributed by atoms with van der Waals surface area (Å²) in [5.74, 6) is -0.354. The normalized spacial score (nSPS) is 24.5. The highest BCUT2D eigenvalue weighted by molar-refractivity contribution is 5.76. The number of hydrogen-bond donors (Lipinski definition) is 2. The van der Waals surface area contributed by atoms with Gasteiger partial charge < -0.3 is 19.9 Å². The number of likely N-dealkylation sites (tertiary alicyclic amines) is 1. The van der Waals surface area contributed by atoms with Crippen LogP contribution in [0.4, 0.5) is 10.2 Å². The van der Waals surface area contributed by atoms with Crippen molar-refractivity contribution in [3.05, 3.63) is 58.5 Å². The molecular weight excluding hydrogens is 473 g/mol. The first-order chi connectivity index (χ1) is 18.0. The summed E-state index contributed by atoms with van der Waals surface area (Å²) in [6, 6.07) is 8.35. The van der Waals surface area contributed by atoms with Crippen molar-refractivity contribution in [3.8, 4) is 0 Å². The summed E-state index contributed by atoms with van der Waals surface area (Å²) in [4.78, 5) is 19.1. The van der Waals surface area contributed by atoms with Gasteiger partial charge >= 0.3 is 5.97 Å². The van der Waals surface area contributed by atoms with E-state index in [2.05, 4.69) is 24.4 Å². The van der Waals surface area contributed by atoms with Crippen LogP contribution in [0.1, 0.15) is 80.0 Å². The molecule has 37 heavy (non-hydrogen) atoms. The molecule has 2 fully saturated rings. The smallest absolute Gasteiger partial charge is 0.325 e. The quantitative estimate of drug-likeness (QED) is 0.432. The molecule has 8 heteroatoms. The van der Waals surface area contributed by atoms with Crippen LogP contribution in [0.25, 0.3) is 0 Å². The molecule has 2 saturated heterocycles. The first kappa shape index (κ1) is 26.1. The van der Waals surface area contributed by atoms with E-state index >= 15 is 0 Å². The number of anilines is 1. The molecule has 3 aliphatic heterocycles. The first-order valence-corrected chi connectivity index (χ1v) is 13.7. The van der Waals surface area contributed by atoms with Gasteiger partial charge in [0.25, 0.3) is 0 Å². The Balaban J connectivity index is 1.12. The van der Waals surface area contributed by atoms with Crippen LogP contribution in [-0.4, -0.2) is 59.4 Å². The average molecular weight is 512 g/mol. The molecule has 0 radical (unpaired) electrons. The molecule has 2 N–H and O–H groups in total. The Morgan fingerprint density at radius 1 is 1.27 bits per heavy atom. The monoisotopic (exact) mass is 511 g/mol. The highest BCUT2D eigenvalue weighted by Gasteiger charge is 2.37. The number of fused-ring (bicyclic) bond motifs is 1. The van der Waals surface area contributed by atoms with Crippen molar-refractivity contribution in [2.24, 2.45) is 0 Å². The number of rotatable bonds is 10. The van der Waals surface area contributed by atoms with Gasteiger partial charge in [0.05, 0.1) is 12.2 Å². The molecule has 0 amide bonds. The predicted molar refractivity (Wildman–Crippen MR) is 139 cm³/mol. The Bertz CT molecular complexity index is 1090. The van der Waals surface area contributed by atoms with Crippen molar-refractivity contribution in [2.75, 3.05) is 31.6 Å². The van der Waals surface area contributed by atoms with E-state index in [0.717, 1.165) is 68.4 Å². The van der Waals surface area contributed by atoms with Gasteiger partial charge in [-0.05, 0) is 93.2 Å². The van der Waals surface area contributed by atoms with E-state index in [4.69, 9.17) is 14.5 Å². The SMILES string of the molecule is C[C@@H]1CCc2ccc(CCCCO[C@@H]3CCN([C@H](C(=O)O)c4cc(F)ccc4[C@@H]4CCCO4)C3)nc2N1. The van der Waals surface area contributed by atoms with Gasteiger partial charge in [-0.3, -0.25) is 9.69 Å². The van der Waals surface area contributed by atoms with Gasteiger partial charge in [-0.15, -0.1) is 0 Å². The largest absolute Gasteiger partial charge is 0.480 e. The third kappa shape index (κ3) is 6.30. The number of aryl methyl sites for hydroxylation is 2. The van der Waals surface area contributed by atoms with E-state index in [0.29, 0.717) is 37.9 Å². The van der Waals surface area contributed by atoms with Crippen molar-refractivity contribution in [1.82, 2.24) is 9.88 Å². The number of nitrogens with zero attached hydrogens (tertiary/aromatic N) is 2. The van der Waals surface area contributed by atoms with Crippen LogP contribution >= 0.6 is 0 Å². The summed E-state index contributed by atoms with van der Waals surface area (Å²) in [6.45, 7) is 4.61. The third-order valence-corrected chi connectivity index (χ3v) is 7.84. The van der Waals surface area contributed by atoms with E-state index in [-0.39, 0.29) is 12.2 Å². The molecule has 0 unspecified atom stereocenters. The molecule has 4 atom stereocenters. The van der Waals surface area contributed by atoms with E-state index in [9.17, 15) is 14.3 Å². The summed E-state index contributed by atoms with van der Waals surface area (Å²) in [6.07, 6.45) is 7.39. The number of pyridine rings is 1. The lowest BCUT2D eigenvalue weighted by Gasteiger charge is -2.28. The van der Waals surface area contributed by atoms with Gasteiger partial charge in [0, 0.05) is 38.0 Å². The van der Waals surface area contributed by atoms with Crippen LogP contribution in [-0.2, 0) is 27.1 Å². The third-order valence-electron chi connectivity index (χ3n) is 7.84. The standard InChI is InChI=1S/C29H38FN3O4/c1-19-7-8-20-9-11-22(32-28(20)31-19)5-2-3-15-36-23-13-14-33(18-23)27(29(34)35)25-17-21(30)10-12-24(25)26-6-4-16-37-26/h9-12,17,19,23,26-27H,2-8,13-16,18H2,1H3,(H,31,32)(H,34,35)/t19-,23-,26+,27+/m1/s1. The van der Waals surface area contributed by atoms with Crippen LogP contribution in [0, 0.1) is 5.82 Å². The van der Waals surface area contributed by atoms with E-state index in [1.54, 1.807) is 6.07 Å². The van der Waals surface area contributed by atoms with Crippen LogP contribution in [0.15, 0.2) is 30.3 Å². The molecule has 0 spiro atoms. The molecule has 0 saturated carbocycles. The number of carboxylic acids is 1. The van der Waals surface area contributed by atoms with Gasteiger partial charge in [0.2, 0.25) is 0 Å². The Morgan fingerprint density at radius 3 is 2.97 bits per heavy atom. The Morgan fingerprint density at radius 2 is 2.16 bits per heavy atom. The first-order valence-electron chi connectivity index (χ1n) is 13.7. The number of aliphatic carboxylic acids is 1. The zero-order chi connectivity index (χ0) is 25.8. The van der Waals surface area contributed by atoms with Crippen molar-refractivity contribution in [2.45, 2.75) is 82.6 Å². The van der Waals surface area contributed by atoms with Crippen molar-refractivity contribution in [1.29, 1.82) is 0 Å². The molecule has 2 aromatic rings. The summed E-state index contributed by atoms with van der Waals surface area (Å²) in [5, 5.41) is 13.6. The Kier molecular flexibility index (Phi) is 8.37. The topological polar surface area (TPSA) is 83.9 Å². The van der Waals surface area contributed by atoms with Crippen LogP contribution in [0.2, 0.25) is 0 Å². The molecule has 7 nitrogen and oxygen atoms in total. The van der Waals surface area contributed by atoms with E-state index < -0.39 is 17.8 Å². The summed E-state index contributed by atoms with van der Waals surface area (Å²) >= 11 is 0. The Hall–Kier alpha value is -2.55. The average Bonchev–Trinajstić information content (AvgIpc) is 3.57. The highest BCUT2D eigenvalue weighted by atomic mass is 19.1. The van der Waals surface area contributed by atoms with Gasteiger partial charge in [-0.25, -0.2) is 9.37 Å². The lowest BCUT2D eigenvalue weighted by atomic mass is 9.94. The van der Waals surface area contributed by atoms with Gasteiger partial charge in [0.15, 0.2) is 0 Å². The fraction of sp³-hybridized carbons (Fsp3) is 0.586. The minimum absolute atomic E-state index is 0.0193. The molecule has 0 aliphatic carbocycles. The highest BCUT2D eigenvalue weighted by Crippen LogP contribution is 2.37. The zero-order valence-corrected chi connectivity index (χ0v) is 21.6. The molecule has 3 aliphatic rings. The number of hydrogen-bond acceptors (Lipinski definition) is 6. The number of aromatic nitrogens is 1. The molecule has 200 valence electrons. The zero-order valence-electron chi connectivity index (χ0n) is 21.6.